The first kappa shape index (κ1) is 13.5. The molecular weight excluding hydrogens is 206 g/mol. The lowest BCUT2D eigenvalue weighted by Gasteiger charge is -2.32. The van der Waals surface area contributed by atoms with E-state index in [2.05, 4.69) is 4.90 Å². The summed E-state index contributed by atoms with van der Waals surface area (Å²) < 4.78 is 5.05. The minimum Gasteiger partial charge on any atom is -0.466 e. The summed E-state index contributed by atoms with van der Waals surface area (Å²) in [7, 11) is 0. The van der Waals surface area contributed by atoms with Gasteiger partial charge in [-0.25, -0.2) is 0 Å². The van der Waals surface area contributed by atoms with E-state index in [9.17, 15) is 4.79 Å². The summed E-state index contributed by atoms with van der Waals surface area (Å²) in [5, 5.41) is 9.01. The number of ether oxygens (including phenoxy) is 1. The van der Waals surface area contributed by atoms with Crippen molar-refractivity contribution in [2.45, 2.75) is 26.7 Å². The Hall–Kier alpha value is -0.610. The van der Waals surface area contributed by atoms with E-state index in [0.29, 0.717) is 6.61 Å². The van der Waals surface area contributed by atoms with Gasteiger partial charge in [0.25, 0.3) is 0 Å². The highest BCUT2D eigenvalue weighted by molar-refractivity contribution is 5.72. The predicted molar refractivity (Wildman–Crippen MR) is 62.0 cm³/mol. The molecule has 0 radical (unpaired) electrons. The van der Waals surface area contributed by atoms with Crippen LogP contribution in [0.4, 0.5) is 0 Å². The quantitative estimate of drug-likeness (QED) is 0.711. The smallest absolute Gasteiger partial charge is 0.310 e. The zero-order chi connectivity index (χ0) is 12.0. The number of aliphatic hydroxyl groups is 1. The Labute approximate surface area is 97.6 Å². The lowest BCUT2D eigenvalue weighted by Crippen LogP contribution is -2.41. The lowest BCUT2D eigenvalue weighted by molar-refractivity contribution is -0.150. The first-order valence-corrected chi connectivity index (χ1v) is 6.17. The molecule has 0 saturated carbocycles. The molecule has 1 N–H and O–H groups in total. The molecule has 2 unspecified atom stereocenters. The van der Waals surface area contributed by atoms with Gasteiger partial charge in [-0.15, -0.1) is 0 Å². The van der Waals surface area contributed by atoms with Crippen molar-refractivity contribution in [1.82, 2.24) is 4.90 Å². The van der Waals surface area contributed by atoms with Crippen LogP contribution in [0.5, 0.6) is 0 Å². The van der Waals surface area contributed by atoms with Gasteiger partial charge in [0.15, 0.2) is 0 Å². The van der Waals surface area contributed by atoms with Gasteiger partial charge in [-0.3, -0.25) is 4.79 Å². The van der Waals surface area contributed by atoms with Gasteiger partial charge in [-0.2, -0.15) is 0 Å². The fraction of sp³-hybridized carbons (Fsp3) is 0.917. The fourth-order valence-corrected chi connectivity index (χ4v) is 2.17. The van der Waals surface area contributed by atoms with Gasteiger partial charge in [0.2, 0.25) is 0 Å². The van der Waals surface area contributed by atoms with Crippen LogP contribution in [0.3, 0.4) is 0 Å². The van der Waals surface area contributed by atoms with Gasteiger partial charge >= 0.3 is 5.97 Å². The van der Waals surface area contributed by atoms with Crippen molar-refractivity contribution in [2.24, 2.45) is 11.8 Å². The Kier molecular flexibility index (Phi) is 5.77. The number of carbonyl (C=O) groups is 1. The highest BCUT2D eigenvalue weighted by atomic mass is 16.5. The summed E-state index contributed by atoms with van der Waals surface area (Å²) >= 11 is 0. The number of hydrogen-bond donors (Lipinski definition) is 1. The first-order valence-electron chi connectivity index (χ1n) is 6.17. The second-order valence-corrected chi connectivity index (χ2v) is 4.64. The van der Waals surface area contributed by atoms with Crippen LogP contribution >= 0.6 is 0 Å². The zero-order valence-corrected chi connectivity index (χ0v) is 10.3. The molecule has 16 heavy (non-hydrogen) atoms. The van der Waals surface area contributed by atoms with Gasteiger partial charge in [0.05, 0.1) is 12.5 Å². The average molecular weight is 229 g/mol. The van der Waals surface area contributed by atoms with E-state index in [-0.39, 0.29) is 24.4 Å². The van der Waals surface area contributed by atoms with Crippen molar-refractivity contribution in [3.05, 3.63) is 0 Å². The molecule has 0 aromatic heterocycles. The number of nitrogens with zero attached hydrogens (tertiary/aromatic N) is 1. The second-order valence-electron chi connectivity index (χ2n) is 4.64. The van der Waals surface area contributed by atoms with Crippen molar-refractivity contribution in [3.8, 4) is 0 Å². The molecule has 1 aliphatic heterocycles. The van der Waals surface area contributed by atoms with Crippen LogP contribution in [0, 0.1) is 11.8 Å². The molecule has 0 aliphatic carbocycles. The molecule has 0 spiro atoms. The highest BCUT2D eigenvalue weighted by Gasteiger charge is 2.27. The Morgan fingerprint density at radius 1 is 1.62 bits per heavy atom. The van der Waals surface area contributed by atoms with Crippen molar-refractivity contribution >= 4 is 5.97 Å². The molecule has 1 heterocycles. The summed E-state index contributed by atoms with van der Waals surface area (Å²) in [6.07, 6.45) is 1.98. The topological polar surface area (TPSA) is 49.8 Å². The molecule has 0 bridgehead atoms. The molecular formula is C12H23NO3. The van der Waals surface area contributed by atoms with Crippen LogP contribution in [0.25, 0.3) is 0 Å². The van der Waals surface area contributed by atoms with E-state index in [0.717, 1.165) is 32.5 Å². The third kappa shape index (κ3) is 4.10. The number of rotatable bonds is 5. The summed E-state index contributed by atoms with van der Waals surface area (Å²) in [6, 6.07) is 0. The molecule has 2 atom stereocenters. The minimum absolute atomic E-state index is 0.0274. The molecule has 4 nitrogen and oxygen atoms in total. The van der Waals surface area contributed by atoms with Crippen molar-refractivity contribution in [3.63, 3.8) is 0 Å². The van der Waals surface area contributed by atoms with Crippen LogP contribution in [-0.2, 0) is 9.53 Å². The van der Waals surface area contributed by atoms with Gasteiger partial charge in [0, 0.05) is 19.7 Å². The lowest BCUT2D eigenvalue weighted by atomic mass is 9.97. The summed E-state index contributed by atoms with van der Waals surface area (Å²) in [5.74, 6) is 0.240. The van der Waals surface area contributed by atoms with Crippen LogP contribution in [-0.4, -0.2) is 48.8 Å². The van der Waals surface area contributed by atoms with E-state index in [4.69, 9.17) is 9.84 Å². The normalized spacial score (nSPS) is 24.1. The Balaban J connectivity index is 2.37. The average Bonchev–Trinajstić information content (AvgIpc) is 2.29. The Morgan fingerprint density at radius 2 is 2.38 bits per heavy atom. The monoisotopic (exact) mass is 229 g/mol. The van der Waals surface area contributed by atoms with Crippen molar-refractivity contribution < 1.29 is 14.6 Å². The van der Waals surface area contributed by atoms with E-state index >= 15 is 0 Å². The highest BCUT2D eigenvalue weighted by Crippen LogP contribution is 2.18. The van der Waals surface area contributed by atoms with Crippen molar-refractivity contribution in [2.75, 3.05) is 32.8 Å². The van der Waals surface area contributed by atoms with Crippen LogP contribution in [0.15, 0.2) is 0 Å². The summed E-state index contributed by atoms with van der Waals surface area (Å²) in [6.45, 7) is 7.21. The maximum absolute atomic E-state index is 11.6. The van der Waals surface area contributed by atoms with Crippen LogP contribution in [0.2, 0.25) is 0 Å². The van der Waals surface area contributed by atoms with Crippen molar-refractivity contribution in [1.29, 1.82) is 0 Å². The standard InChI is InChI=1S/C12H23NO3/c1-3-16-12(15)11-5-4-6-13(8-11)7-10(2)9-14/h10-11,14H,3-9H2,1-2H3. The molecule has 1 rings (SSSR count). The summed E-state index contributed by atoms with van der Waals surface area (Å²) in [4.78, 5) is 13.9. The second kappa shape index (κ2) is 6.86. The zero-order valence-electron chi connectivity index (χ0n) is 10.3. The largest absolute Gasteiger partial charge is 0.466 e. The molecule has 0 amide bonds. The number of hydrogen-bond acceptors (Lipinski definition) is 4. The molecule has 0 aromatic rings. The Bertz CT molecular complexity index is 220. The van der Waals surface area contributed by atoms with E-state index in [1.807, 2.05) is 13.8 Å². The Morgan fingerprint density at radius 3 is 3.00 bits per heavy atom. The summed E-state index contributed by atoms with van der Waals surface area (Å²) in [5.41, 5.74) is 0. The maximum Gasteiger partial charge on any atom is 0.310 e. The van der Waals surface area contributed by atoms with E-state index in [1.165, 1.54) is 0 Å². The van der Waals surface area contributed by atoms with E-state index < -0.39 is 0 Å². The van der Waals surface area contributed by atoms with Crippen LogP contribution < -0.4 is 0 Å². The third-order valence-electron chi connectivity index (χ3n) is 3.01. The fourth-order valence-electron chi connectivity index (χ4n) is 2.17. The molecule has 94 valence electrons. The molecule has 0 aromatic carbocycles. The number of likely N-dealkylation sites (tertiary alicyclic amines) is 1. The number of esters is 1. The van der Waals surface area contributed by atoms with Gasteiger partial charge in [0.1, 0.15) is 0 Å². The van der Waals surface area contributed by atoms with Gasteiger partial charge in [-0.05, 0) is 32.2 Å². The first-order chi connectivity index (χ1) is 7.67. The number of aliphatic hydroxyl groups excluding tert-OH is 1. The number of piperidine rings is 1. The molecule has 1 fully saturated rings. The molecule has 4 heteroatoms. The van der Waals surface area contributed by atoms with Crippen LogP contribution in [0.1, 0.15) is 26.7 Å². The van der Waals surface area contributed by atoms with Gasteiger partial charge < -0.3 is 14.7 Å². The predicted octanol–water partition coefficient (Wildman–Crippen LogP) is 0.890. The molecule has 1 aliphatic rings. The third-order valence-corrected chi connectivity index (χ3v) is 3.01. The SMILES string of the molecule is CCOC(=O)C1CCCN(CC(C)CO)C1. The van der Waals surface area contributed by atoms with Gasteiger partial charge in [-0.1, -0.05) is 6.92 Å². The number of carbonyl (C=O) groups excluding carboxylic acids is 1. The van der Waals surface area contributed by atoms with E-state index in [1.54, 1.807) is 0 Å². The molecule has 1 saturated heterocycles. The maximum atomic E-state index is 11.6. The minimum atomic E-state index is -0.0659.